The monoisotopic (exact) mass is 378 g/mol. The van der Waals surface area contributed by atoms with Gasteiger partial charge in [0, 0.05) is 5.56 Å². The van der Waals surface area contributed by atoms with Crippen LogP contribution in [0.25, 0.3) is 11.1 Å². The van der Waals surface area contributed by atoms with Crippen LogP contribution >= 0.6 is 0 Å². The highest BCUT2D eigenvalue weighted by atomic mass is 19.3. The third-order valence-corrected chi connectivity index (χ3v) is 5.80. The third kappa shape index (κ3) is 4.53. The van der Waals surface area contributed by atoms with Crippen LogP contribution < -0.4 is 0 Å². The average molecular weight is 378 g/mol. The summed E-state index contributed by atoms with van der Waals surface area (Å²) in [5.41, 5.74) is 2.34. The molecule has 2 aromatic carbocycles. The lowest BCUT2D eigenvalue weighted by Gasteiger charge is -2.28. The smallest absolute Gasteiger partial charge is 0.203 e. The Labute approximate surface area is 158 Å². The Morgan fingerprint density at radius 3 is 1.85 bits per heavy atom. The van der Waals surface area contributed by atoms with Gasteiger partial charge in [0.15, 0.2) is 0 Å². The topological polar surface area (TPSA) is 0 Å². The van der Waals surface area contributed by atoms with Gasteiger partial charge in [0.1, 0.15) is 0 Å². The Kier molecular flexibility index (Phi) is 6.23. The van der Waals surface area contributed by atoms with Gasteiger partial charge in [0.25, 0.3) is 0 Å². The molecule has 146 valence electrons. The number of hydrogen-bond donors (Lipinski definition) is 0. The summed E-state index contributed by atoms with van der Waals surface area (Å²) in [6.45, 7) is 2.24. The maximum atomic E-state index is 13.4. The molecule has 4 heteroatoms. The number of alkyl halides is 4. The second-order valence-corrected chi connectivity index (χ2v) is 7.63. The lowest BCUT2D eigenvalue weighted by atomic mass is 9.77. The molecule has 0 radical (unpaired) electrons. The van der Waals surface area contributed by atoms with Gasteiger partial charge in [-0.1, -0.05) is 68.3 Å². The lowest BCUT2D eigenvalue weighted by Crippen LogP contribution is -2.23. The fourth-order valence-corrected chi connectivity index (χ4v) is 4.15. The Morgan fingerprint density at radius 1 is 0.852 bits per heavy atom. The van der Waals surface area contributed by atoms with Gasteiger partial charge in [0.2, 0.25) is 0 Å². The van der Waals surface area contributed by atoms with E-state index in [9.17, 15) is 17.6 Å². The van der Waals surface area contributed by atoms with Crippen molar-refractivity contribution in [3.8, 4) is 11.1 Å². The van der Waals surface area contributed by atoms with Crippen molar-refractivity contribution in [1.29, 1.82) is 0 Å². The molecule has 0 atom stereocenters. The van der Waals surface area contributed by atoms with Crippen molar-refractivity contribution in [2.75, 3.05) is 0 Å². The van der Waals surface area contributed by atoms with E-state index in [-0.39, 0.29) is 0 Å². The molecule has 1 saturated carbocycles. The van der Waals surface area contributed by atoms with E-state index in [4.69, 9.17) is 0 Å². The minimum Gasteiger partial charge on any atom is -0.203 e. The van der Waals surface area contributed by atoms with Crippen molar-refractivity contribution in [3.05, 3.63) is 59.7 Å². The molecule has 3 rings (SSSR count). The van der Waals surface area contributed by atoms with E-state index >= 15 is 0 Å². The molecule has 1 aliphatic rings. The van der Waals surface area contributed by atoms with E-state index in [0.29, 0.717) is 5.92 Å². The highest BCUT2D eigenvalue weighted by Gasteiger charge is 2.42. The molecule has 0 aromatic heterocycles. The summed E-state index contributed by atoms with van der Waals surface area (Å²) in [5.74, 6) is -2.64. The summed E-state index contributed by atoms with van der Waals surface area (Å²) < 4.78 is 51.7. The van der Waals surface area contributed by atoms with Crippen molar-refractivity contribution in [1.82, 2.24) is 0 Å². The van der Waals surface area contributed by atoms with E-state index in [0.717, 1.165) is 29.2 Å². The molecular weight excluding hydrogens is 352 g/mol. The van der Waals surface area contributed by atoms with Gasteiger partial charge in [-0.2, -0.15) is 8.78 Å². The molecule has 0 heterocycles. The Morgan fingerprint density at radius 2 is 1.37 bits per heavy atom. The van der Waals surface area contributed by atoms with Gasteiger partial charge < -0.3 is 0 Å². The normalized spacial score (nSPS) is 20.8. The summed E-state index contributed by atoms with van der Waals surface area (Å²) in [7, 11) is 0. The van der Waals surface area contributed by atoms with Crippen LogP contribution in [0.4, 0.5) is 17.6 Å². The van der Waals surface area contributed by atoms with E-state index in [1.54, 1.807) is 0 Å². The first-order chi connectivity index (χ1) is 12.9. The van der Waals surface area contributed by atoms with Crippen LogP contribution in [0.5, 0.6) is 0 Å². The van der Waals surface area contributed by atoms with Crippen molar-refractivity contribution in [3.63, 3.8) is 0 Å². The molecule has 1 aliphatic carbocycles. The fourth-order valence-electron chi connectivity index (χ4n) is 4.15. The quantitative estimate of drug-likeness (QED) is 0.450. The third-order valence-electron chi connectivity index (χ3n) is 5.80. The summed E-state index contributed by atoms with van der Waals surface area (Å²) in [6.07, 6.45) is 3.91. The van der Waals surface area contributed by atoms with Crippen molar-refractivity contribution >= 4 is 0 Å². The van der Waals surface area contributed by atoms with Crippen LogP contribution in [0.15, 0.2) is 48.5 Å². The molecule has 1 fully saturated rings. The first kappa shape index (κ1) is 19.9. The van der Waals surface area contributed by atoms with E-state index in [1.807, 2.05) is 12.1 Å². The fraction of sp³-hybridized carbons (Fsp3) is 0.478. The van der Waals surface area contributed by atoms with Gasteiger partial charge in [-0.15, -0.1) is 0 Å². The zero-order chi connectivity index (χ0) is 19.4. The molecule has 0 spiro atoms. The standard InChI is InChI=1S/C23H26F4/c1-2-3-16-4-6-17(7-5-16)18-8-10-19(11-9-18)20-12-14-21(15-13-20)23(26,27)22(24)25/h8-17,22H,2-7H2,1H3/t16-,17-. The second-order valence-electron chi connectivity index (χ2n) is 7.63. The van der Waals surface area contributed by atoms with Gasteiger partial charge >= 0.3 is 12.3 Å². The SMILES string of the molecule is CCC[C@H]1CC[C@H](c2ccc(-c3ccc(C(F)(F)C(F)F)cc3)cc2)CC1. The molecule has 0 nitrogen and oxygen atoms in total. The molecule has 0 unspecified atom stereocenters. The minimum absolute atomic E-state index is 0.597. The molecule has 0 N–H and O–H groups in total. The Bertz CT molecular complexity index is 711. The molecule has 0 aliphatic heterocycles. The van der Waals surface area contributed by atoms with Crippen LogP contribution in [0, 0.1) is 5.92 Å². The van der Waals surface area contributed by atoms with Crippen LogP contribution in [-0.2, 0) is 5.92 Å². The van der Waals surface area contributed by atoms with Gasteiger partial charge in [-0.25, -0.2) is 8.78 Å². The number of halogens is 4. The van der Waals surface area contributed by atoms with Crippen LogP contribution in [0.1, 0.15) is 62.5 Å². The first-order valence-electron chi connectivity index (χ1n) is 9.78. The van der Waals surface area contributed by atoms with E-state index in [1.165, 1.54) is 56.2 Å². The maximum Gasteiger partial charge on any atom is 0.332 e. The predicted octanol–water partition coefficient (Wildman–Crippen LogP) is 7.78. The summed E-state index contributed by atoms with van der Waals surface area (Å²) in [4.78, 5) is 0. The van der Waals surface area contributed by atoms with Crippen LogP contribution in [-0.4, -0.2) is 6.43 Å². The van der Waals surface area contributed by atoms with Crippen LogP contribution in [0.2, 0.25) is 0 Å². The molecule has 2 aromatic rings. The van der Waals surface area contributed by atoms with Crippen molar-refractivity contribution < 1.29 is 17.6 Å². The molecule has 0 saturated heterocycles. The Hall–Kier alpha value is -1.84. The lowest BCUT2D eigenvalue weighted by molar-refractivity contribution is -0.135. The molecular formula is C23H26F4. The number of benzene rings is 2. The highest BCUT2D eigenvalue weighted by Crippen LogP contribution is 2.38. The zero-order valence-corrected chi connectivity index (χ0v) is 15.6. The molecule has 27 heavy (non-hydrogen) atoms. The maximum absolute atomic E-state index is 13.4. The summed E-state index contributed by atoms with van der Waals surface area (Å²) >= 11 is 0. The van der Waals surface area contributed by atoms with Gasteiger partial charge in [-0.05, 0) is 54.2 Å². The Balaban J connectivity index is 1.67. The number of rotatable bonds is 6. The minimum atomic E-state index is -4.11. The van der Waals surface area contributed by atoms with Crippen molar-refractivity contribution in [2.24, 2.45) is 5.92 Å². The first-order valence-corrected chi connectivity index (χ1v) is 9.78. The van der Waals surface area contributed by atoms with Gasteiger partial charge in [-0.3, -0.25) is 0 Å². The van der Waals surface area contributed by atoms with Crippen molar-refractivity contribution in [2.45, 2.75) is 63.7 Å². The predicted molar refractivity (Wildman–Crippen MR) is 101 cm³/mol. The molecule has 0 amide bonds. The van der Waals surface area contributed by atoms with E-state index in [2.05, 4.69) is 19.1 Å². The van der Waals surface area contributed by atoms with Crippen LogP contribution in [0.3, 0.4) is 0 Å². The van der Waals surface area contributed by atoms with Gasteiger partial charge in [0.05, 0.1) is 0 Å². The summed E-state index contributed by atoms with van der Waals surface area (Å²) in [5, 5.41) is 0. The van der Waals surface area contributed by atoms with E-state index < -0.39 is 17.9 Å². The highest BCUT2D eigenvalue weighted by molar-refractivity contribution is 5.64. The second kappa shape index (κ2) is 8.45. The largest absolute Gasteiger partial charge is 0.332 e. The average Bonchev–Trinajstić information content (AvgIpc) is 2.69. The zero-order valence-electron chi connectivity index (χ0n) is 15.6. The number of hydrogen-bond acceptors (Lipinski definition) is 0. The molecule has 0 bridgehead atoms. The summed E-state index contributed by atoms with van der Waals surface area (Å²) in [6, 6.07) is 13.4.